The first-order valence-corrected chi connectivity index (χ1v) is 8.47. The average molecular weight is 349 g/mol. The topological polar surface area (TPSA) is 84.1 Å². The van der Waals surface area contributed by atoms with Gasteiger partial charge in [0.1, 0.15) is 5.82 Å². The minimum Gasteiger partial charge on any atom is -0.478 e. The van der Waals surface area contributed by atoms with Gasteiger partial charge in [0.05, 0.1) is 23.3 Å². The molecule has 4 rings (SSSR count). The number of carbonyl (C=O) groups is 1. The van der Waals surface area contributed by atoms with Crippen LogP contribution in [-0.4, -0.2) is 48.6 Å². The molecule has 0 unspecified atom stereocenters. The predicted molar refractivity (Wildman–Crippen MR) is 95.3 cm³/mol. The second kappa shape index (κ2) is 6.68. The number of carboxylic acids is 1. The highest BCUT2D eigenvalue weighted by molar-refractivity contribution is 5.91. The van der Waals surface area contributed by atoms with Crippen LogP contribution in [0, 0.1) is 6.92 Å². The number of hydrogen-bond acceptors (Lipinski definition) is 5. The number of aromatic nitrogens is 4. The lowest BCUT2D eigenvalue weighted by molar-refractivity contribution is 0.0697. The molecule has 1 aliphatic heterocycles. The van der Waals surface area contributed by atoms with Crippen LogP contribution >= 0.6 is 0 Å². The molecule has 132 valence electrons. The van der Waals surface area contributed by atoms with Gasteiger partial charge in [-0.15, -0.1) is 0 Å². The summed E-state index contributed by atoms with van der Waals surface area (Å²) in [5, 5.41) is 9.33. The van der Waals surface area contributed by atoms with Crippen molar-refractivity contribution in [2.45, 2.75) is 19.4 Å². The summed E-state index contributed by atoms with van der Waals surface area (Å²) in [7, 11) is 0. The fourth-order valence-electron chi connectivity index (χ4n) is 3.27. The van der Waals surface area contributed by atoms with E-state index in [-0.39, 0.29) is 5.56 Å². The van der Waals surface area contributed by atoms with Gasteiger partial charge in [0, 0.05) is 43.6 Å². The SMILES string of the molecule is Cc1nccc(C2CN(Cc3cn(-c4ccccc4C(=O)O)cn3)C2)n1. The summed E-state index contributed by atoms with van der Waals surface area (Å²) < 4.78 is 1.77. The molecular formula is C19H19N5O2. The molecule has 1 fully saturated rings. The van der Waals surface area contributed by atoms with Crippen molar-refractivity contribution in [1.29, 1.82) is 0 Å². The molecule has 3 aromatic rings. The summed E-state index contributed by atoms with van der Waals surface area (Å²) in [6, 6.07) is 8.91. The van der Waals surface area contributed by atoms with Crippen molar-refractivity contribution in [3.8, 4) is 5.69 Å². The van der Waals surface area contributed by atoms with Gasteiger partial charge in [0.15, 0.2) is 0 Å². The Hall–Kier alpha value is -3.06. The van der Waals surface area contributed by atoms with Crippen LogP contribution in [0.3, 0.4) is 0 Å². The third-order valence-electron chi connectivity index (χ3n) is 4.61. The van der Waals surface area contributed by atoms with Crippen LogP contribution < -0.4 is 0 Å². The molecule has 3 heterocycles. The van der Waals surface area contributed by atoms with Gasteiger partial charge in [-0.2, -0.15) is 0 Å². The molecule has 2 aromatic heterocycles. The lowest BCUT2D eigenvalue weighted by Gasteiger charge is -2.38. The van der Waals surface area contributed by atoms with Crippen molar-refractivity contribution < 1.29 is 9.90 Å². The van der Waals surface area contributed by atoms with Gasteiger partial charge in [-0.3, -0.25) is 4.90 Å². The number of benzene rings is 1. The van der Waals surface area contributed by atoms with Crippen LogP contribution in [0.25, 0.3) is 5.69 Å². The summed E-state index contributed by atoms with van der Waals surface area (Å²) >= 11 is 0. The smallest absolute Gasteiger partial charge is 0.337 e. The van der Waals surface area contributed by atoms with Crippen LogP contribution in [0.1, 0.15) is 33.5 Å². The lowest BCUT2D eigenvalue weighted by atomic mass is 9.96. The molecule has 0 bridgehead atoms. The molecule has 1 aliphatic rings. The predicted octanol–water partition coefficient (Wildman–Crippen LogP) is 2.27. The molecule has 1 aromatic carbocycles. The number of hydrogen-bond donors (Lipinski definition) is 1. The van der Waals surface area contributed by atoms with E-state index in [1.807, 2.05) is 31.5 Å². The third-order valence-corrected chi connectivity index (χ3v) is 4.61. The highest BCUT2D eigenvalue weighted by Gasteiger charge is 2.29. The normalized spacial score (nSPS) is 15.0. The maximum absolute atomic E-state index is 11.4. The Bertz CT molecular complexity index is 946. The zero-order valence-corrected chi connectivity index (χ0v) is 14.4. The maximum Gasteiger partial charge on any atom is 0.337 e. The highest BCUT2D eigenvalue weighted by atomic mass is 16.4. The quantitative estimate of drug-likeness (QED) is 0.761. The number of imidazole rings is 1. The molecule has 1 N–H and O–H groups in total. The minimum atomic E-state index is -0.943. The highest BCUT2D eigenvalue weighted by Crippen LogP contribution is 2.27. The second-order valence-corrected chi connectivity index (χ2v) is 6.51. The Morgan fingerprint density at radius 2 is 2.04 bits per heavy atom. The first-order chi connectivity index (χ1) is 12.6. The molecule has 0 atom stereocenters. The van der Waals surface area contributed by atoms with E-state index in [0.717, 1.165) is 36.8 Å². The van der Waals surface area contributed by atoms with Gasteiger partial charge in [-0.1, -0.05) is 12.1 Å². The molecular weight excluding hydrogens is 330 g/mol. The Labute approximate surface area is 151 Å². The van der Waals surface area contributed by atoms with Gasteiger partial charge in [-0.05, 0) is 25.1 Å². The first-order valence-electron chi connectivity index (χ1n) is 8.47. The minimum absolute atomic E-state index is 0.264. The van der Waals surface area contributed by atoms with Crippen LogP contribution in [0.4, 0.5) is 0 Å². The summed E-state index contributed by atoms with van der Waals surface area (Å²) in [6.07, 6.45) is 5.37. The van der Waals surface area contributed by atoms with Crippen molar-refractivity contribution in [3.63, 3.8) is 0 Å². The van der Waals surface area contributed by atoms with E-state index in [9.17, 15) is 9.90 Å². The fraction of sp³-hybridized carbons (Fsp3) is 0.263. The van der Waals surface area contributed by atoms with Crippen LogP contribution in [0.5, 0.6) is 0 Å². The Balaban J connectivity index is 1.42. The summed E-state index contributed by atoms with van der Waals surface area (Å²) in [4.78, 5) is 26.7. The first kappa shape index (κ1) is 16.4. The van der Waals surface area contributed by atoms with Crippen LogP contribution in [0.2, 0.25) is 0 Å². The van der Waals surface area contributed by atoms with E-state index >= 15 is 0 Å². The van der Waals surface area contributed by atoms with Gasteiger partial charge in [0.25, 0.3) is 0 Å². The molecule has 0 radical (unpaired) electrons. The number of likely N-dealkylation sites (tertiary alicyclic amines) is 1. The average Bonchev–Trinajstić information content (AvgIpc) is 3.06. The van der Waals surface area contributed by atoms with Gasteiger partial charge >= 0.3 is 5.97 Å². The number of rotatable bonds is 5. The number of aromatic carboxylic acids is 1. The van der Waals surface area contributed by atoms with Gasteiger partial charge in [-0.25, -0.2) is 19.7 Å². The van der Waals surface area contributed by atoms with E-state index < -0.39 is 5.97 Å². The number of aryl methyl sites for hydroxylation is 1. The molecule has 26 heavy (non-hydrogen) atoms. The van der Waals surface area contributed by atoms with Gasteiger partial charge < -0.3 is 9.67 Å². The third kappa shape index (κ3) is 3.21. The van der Waals surface area contributed by atoms with E-state index in [0.29, 0.717) is 11.6 Å². The van der Waals surface area contributed by atoms with Crippen LogP contribution in [-0.2, 0) is 6.54 Å². The molecule has 0 spiro atoms. The maximum atomic E-state index is 11.4. The zero-order valence-electron chi connectivity index (χ0n) is 14.4. The van der Waals surface area contributed by atoms with Crippen molar-refractivity contribution in [2.24, 2.45) is 0 Å². The summed E-state index contributed by atoms with van der Waals surface area (Å²) in [5.74, 6) is 0.296. The lowest BCUT2D eigenvalue weighted by Crippen LogP contribution is -2.44. The number of para-hydroxylation sites is 1. The summed E-state index contributed by atoms with van der Waals surface area (Å²) in [5.41, 5.74) is 2.90. The van der Waals surface area contributed by atoms with Crippen LogP contribution in [0.15, 0.2) is 49.1 Å². The van der Waals surface area contributed by atoms with E-state index in [2.05, 4.69) is 19.9 Å². The number of carboxylic acid groups (broad SMARTS) is 1. The number of nitrogens with zero attached hydrogens (tertiary/aromatic N) is 5. The van der Waals surface area contributed by atoms with Crippen molar-refractivity contribution >= 4 is 5.97 Å². The van der Waals surface area contributed by atoms with Crippen molar-refractivity contribution in [1.82, 2.24) is 24.4 Å². The van der Waals surface area contributed by atoms with Crippen molar-refractivity contribution in [3.05, 3.63) is 71.8 Å². The molecule has 1 saturated heterocycles. The monoisotopic (exact) mass is 349 g/mol. The Kier molecular flexibility index (Phi) is 4.22. The standard InChI is InChI=1S/C19H19N5O2/c1-13-20-7-6-17(22-13)14-8-23(9-14)10-15-11-24(12-21-15)18-5-3-2-4-16(18)19(25)26/h2-7,11-12,14H,8-10H2,1H3,(H,25,26). The molecule has 0 amide bonds. The van der Waals surface area contributed by atoms with E-state index in [4.69, 9.17) is 0 Å². The fourth-order valence-corrected chi connectivity index (χ4v) is 3.27. The molecule has 0 saturated carbocycles. The van der Waals surface area contributed by atoms with Gasteiger partial charge in [0.2, 0.25) is 0 Å². The Morgan fingerprint density at radius 1 is 1.23 bits per heavy atom. The molecule has 7 heteroatoms. The molecule has 0 aliphatic carbocycles. The van der Waals surface area contributed by atoms with E-state index in [1.54, 1.807) is 29.1 Å². The largest absolute Gasteiger partial charge is 0.478 e. The second-order valence-electron chi connectivity index (χ2n) is 6.51. The van der Waals surface area contributed by atoms with Crippen molar-refractivity contribution in [2.75, 3.05) is 13.1 Å². The zero-order chi connectivity index (χ0) is 18.1. The summed E-state index contributed by atoms with van der Waals surface area (Å²) in [6.45, 7) is 4.52. The molecule has 7 nitrogen and oxygen atoms in total. The Morgan fingerprint density at radius 3 is 2.81 bits per heavy atom. The van der Waals surface area contributed by atoms with E-state index in [1.165, 1.54) is 0 Å².